The number of hydrogen-bond acceptors (Lipinski definition) is 3. The van der Waals surface area contributed by atoms with Gasteiger partial charge in [0.25, 0.3) is 0 Å². The van der Waals surface area contributed by atoms with E-state index in [2.05, 4.69) is 17.3 Å². The fourth-order valence-electron chi connectivity index (χ4n) is 1.37. The van der Waals surface area contributed by atoms with Gasteiger partial charge in [-0.3, -0.25) is 8.89 Å². The second-order valence-corrected chi connectivity index (χ2v) is 5.62. The Kier molecular flexibility index (Phi) is 4.47. The first-order valence-corrected chi connectivity index (χ1v) is 6.68. The van der Waals surface area contributed by atoms with Gasteiger partial charge in [0, 0.05) is 48.1 Å². The lowest BCUT2D eigenvalue weighted by atomic mass is 10.2. The van der Waals surface area contributed by atoms with Crippen molar-refractivity contribution in [2.24, 2.45) is 7.05 Å². The summed E-state index contributed by atoms with van der Waals surface area (Å²) in [6.07, 6.45) is 3.52. The molecular formula is C10H19N3OS. The van der Waals surface area contributed by atoms with E-state index in [9.17, 15) is 4.21 Å². The molecule has 0 radical (unpaired) electrons. The van der Waals surface area contributed by atoms with Crippen LogP contribution in [0.15, 0.2) is 12.3 Å². The lowest BCUT2D eigenvalue weighted by molar-refractivity contribution is 0.529. The van der Waals surface area contributed by atoms with Crippen molar-refractivity contribution in [3.8, 4) is 0 Å². The lowest BCUT2D eigenvalue weighted by Crippen LogP contribution is -2.30. The number of aryl methyl sites for hydroxylation is 1. The highest BCUT2D eigenvalue weighted by molar-refractivity contribution is 7.84. The van der Waals surface area contributed by atoms with Crippen LogP contribution in [0.25, 0.3) is 0 Å². The van der Waals surface area contributed by atoms with Crippen molar-refractivity contribution < 1.29 is 4.21 Å². The second-order valence-electron chi connectivity index (χ2n) is 3.82. The molecule has 3 unspecified atom stereocenters. The van der Waals surface area contributed by atoms with Crippen molar-refractivity contribution in [1.29, 1.82) is 0 Å². The highest BCUT2D eigenvalue weighted by Crippen LogP contribution is 2.10. The molecule has 1 N–H and O–H groups in total. The quantitative estimate of drug-likeness (QED) is 0.814. The number of nitrogens with one attached hydrogen (secondary N) is 1. The molecular weight excluding hydrogens is 210 g/mol. The molecule has 0 aliphatic rings. The van der Waals surface area contributed by atoms with Crippen LogP contribution < -0.4 is 5.32 Å². The standard InChI is InChI=1S/C10H19N3OS/c1-8(15(4)14)7-11-9(2)10-5-6-12-13(10)3/h5-6,8-9,11H,7H2,1-4H3. The Morgan fingerprint density at radius 2 is 2.27 bits per heavy atom. The van der Waals surface area contributed by atoms with Crippen molar-refractivity contribution in [3.05, 3.63) is 18.0 Å². The Morgan fingerprint density at radius 3 is 2.73 bits per heavy atom. The molecule has 0 spiro atoms. The Labute approximate surface area is 93.5 Å². The van der Waals surface area contributed by atoms with Crippen molar-refractivity contribution in [1.82, 2.24) is 15.1 Å². The maximum atomic E-state index is 11.2. The molecule has 0 saturated heterocycles. The smallest absolute Gasteiger partial charge is 0.0547 e. The van der Waals surface area contributed by atoms with Crippen LogP contribution >= 0.6 is 0 Å². The zero-order valence-corrected chi connectivity index (χ0v) is 10.5. The topological polar surface area (TPSA) is 46.9 Å². The fourth-order valence-corrected chi connectivity index (χ4v) is 1.70. The summed E-state index contributed by atoms with van der Waals surface area (Å²) in [5.41, 5.74) is 1.14. The van der Waals surface area contributed by atoms with Crippen molar-refractivity contribution in [2.75, 3.05) is 12.8 Å². The van der Waals surface area contributed by atoms with Gasteiger partial charge in [-0.15, -0.1) is 0 Å². The molecule has 0 saturated carbocycles. The van der Waals surface area contributed by atoms with Gasteiger partial charge in [0.1, 0.15) is 0 Å². The van der Waals surface area contributed by atoms with E-state index >= 15 is 0 Å². The van der Waals surface area contributed by atoms with Crippen molar-refractivity contribution in [3.63, 3.8) is 0 Å². The molecule has 15 heavy (non-hydrogen) atoms. The molecule has 3 atom stereocenters. The number of nitrogens with zero attached hydrogens (tertiary/aromatic N) is 2. The second kappa shape index (κ2) is 5.42. The SMILES string of the molecule is CC(NCC(C)S(C)=O)c1ccnn1C. The number of rotatable bonds is 5. The molecule has 0 amide bonds. The molecule has 86 valence electrons. The molecule has 1 rings (SSSR count). The third kappa shape index (κ3) is 3.43. The van der Waals surface area contributed by atoms with Gasteiger partial charge in [-0.1, -0.05) is 0 Å². The van der Waals surface area contributed by atoms with E-state index in [-0.39, 0.29) is 11.3 Å². The highest BCUT2D eigenvalue weighted by Gasteiger charge is 2.11. The molecule has 5 heteroatoms. The number of aromatic nitrogens is 2. The Balaban J connectivity index is 2.47. The first-order valence-electron chi connectivity index (χ1n) is 5.06. The summed E-state index contributed by atoms with van der Waals surface area (Å²) in [5.74, 6) is 0. The summed E-state index contributed by atoms with van der Waals surface area (Å²) in [5, 5.41) is 7.65. The summed E-state index contributed by atoms with van der Waals surface area (Å²) >= 11 is 0. The summed E-state index contributed by atoms with van der Waals surface area (Å²) in [6.45, 7) is 4.83. The van der Waals surface area contributed by atoms with Crippen molar-refractivity contribution >= 4 is 10.8 Å². The third-order valence-electron chi connectivity index (χ3n) is 2.58. The minimum Gasteiger partial charge on any atom is -0.308 e. The van der Waals surface area contributed by atoms with Gasteiger partial charge in [-0.25, -0.2) is 0 Å². The van der Waals surface area contributed by atoms with Gasteiger partial charge in [0.2, 0.25) is 0 Å². The van der Waals surface area contributed by atoms with Crippen LogP contribution in [-0.2, 0) is 17.8 Å². The van der Waals surface area contributed by atoms with Gasteiger partial charge in [0.05, 0.1) is 5.69 Å². The van der Waals surface area contributed by atoms with E-state index in [1.165, 1.54) is 0 Å². The van der Waals surface area contributed by atoms with E-state index in [0.717, 1.165) is 12.2 Å². The van der Waals surface area contributed by atoms with Crippen LogP contribution in [-0.4, -0.2) is 32.0 Å². The zero-order chi connectivity index (χ0) is 11.4. The van der Waals surface area contributed by atoms with Crippen LogP contribution in [0.3, 0.4) is 0 Å². The summed E-state index contributed by atoms with van der Waals surface area (Å²) < 4.78 is 13.0. The first kappa shape index (κ1) is 12.4. The molecule has 1 aromatic heterocycles. The van der Waals surface area contributed by atoms with E-state index < -0.39 is 10.8 Å². The van der Waals surface area contributed by atoms with Crippen molar-refractivity contribution in [2.45, 2.75) is 25.1 Å². The van der Waals surface area contributed by atoms with Crippen LogP contribution in [0.4, 0.5) is 0 Å². The molecule has 0 aliphatic heterocycles. The first-order chi connectivity index (χ1) is 7.02. The summed E-state index contributed by atoms with van der Waals surface area (Å²) in [4.78, 5) is 0. The largest absolute Gasteiger partial charge is 0.308 e. The van der Waals surface area contributed by atoms with Gasteiger partial charge < -0.3 is 5.32 Å². The minimum absolute atomic E-state index is 0.181. The Hall–Kier alpha value is -0.680. The van der Waals surface area contributed by atoms with E-state index in [4.69, 9.17) is 0 Å². The minimum atomic E-state index is -0.764. The average Bonchev–Trinajstić information content (AvgIpc) is 2.60. The third-order valence-corrected chi connectivity index (χ3v) is 3.88. The molecule has 0 aromatic carbocycles. The van der Waals surface area contributed by atoms with Crippen LogP contribution in [0.5, 0.6) is 0 Å². The summed E-state index contributed by atoms with van der Waals surface area (Å²) in [6, 6.07) is 2.23. The number of hydrogen-bond donors (Lipinski definition) is 1. The lowest BCUT2D eigenvalue weighted by Gasteiger charge is -2.16. The molecule has 0 fully saturated rings. The Bertz CT molecular complexity index is 337. The molecule has 4 nitrogen and oxygen atoms in total. The van der Waals surface area contributed by atoms with Crippen LogP contribution in [0, 0.1) is 0 Å². The maximum Gasteiger partial charge on any atom is 0.0547 e. The normalized spacial score (nSPS) is 17.3. The Morgan fingerprint density at radius 1 is 1.60 bits per heavy atom. The predicted octanol–water partition coefficient (Wildman–Crippen LogP) is 0.838. The molecule has 1 heterocycles. The molecule has 1 aromatic rings. The highest BCUT2D eigenvalue weighted by atomic mass is 32.2. The van der Waals surface area contributed by atoms with Gasteiger partial charge in [-0.2, -0.15) is 5.10 Å². The summed E-state index contributed by atoms with van der Waals surface area (Å²) in [7, 11) is 1.16. The predicted molar refractivity (Wildman–Crippen MR) is 63.2 cm³/mol. The fraction of sp³-hybridized carbons (Fsp3) is 0.700. The van der Waals surface area contributed by atoms with Crippen LogP contribution in [0.1, 0.15) is 25.6 Å². The monoisotopic (exact) mass is 229 g/mol. The van der Waals surface area contributed by atoms with Gasteiger partial charge in [-0.05, 0) is 19.9 Å². The average molecular weight is 229 g/mol. The van der Waals surface area contributed by atoms with Crippen LogP contribution in [0.2, 0.25) is 0 Å². The van der Waals surface area contributed by atoms with E-state index in [1.54, 1.807) is 12.5 Å². The maximum absolute atomic E-state index is 11.2. The van der Waals surface area contributed by atoms with E-state index in [0.29, 0.717) is 0 Å². The molecule has 0 bridgehead atoms. The van der Waals surface area contributed by atoms with Gasteiger partial charge >= 0.3 is 0 Å². The van der Waals surface area contributed by atoms with E-state index in [1.807, 2.05) is 24.7 Å². The molecule has 0 aliphatic carbocycles. The zero-order valence-electron chi connectivity index (χ0n) is 9.73. The van der Waals surface area contributed by atoms with Gasteiger partial charge in [0.15, 0.2) is 0 Å².